The number of aromatic nitrogens is 2. The van der Waals surface area contributed by atoms with Gasteiger partial charge in [0, 0.05) is 5.41 Å². The van der Waals surface area contributed by atoms with Gasteiger partial charge in [-0.05, 0) is 31.5 Å². The van der Waals surface area contributed by atoms with Crippen LogP contribution in [-0.2, 0) is 10.2 Å². The van der Waals surface area contributed by atoms with Crippen LogP contribution in [0, 0.1) is 13.8 Å². The molecule has 0 amide bonds. The second-order valence-electron chi connectivity index (χ2n) is 6.36. The zero-order valence-electron chi connectivity index (χ0n) is 13.5. The molecule has 2 rings (SSSR count). The van der Waals surface area contributed by atoms with Gasteiger partial charge in [-0.25, -0.2) is 9.48 Å². The Labute approximate surface area is 125 Å². The fraction of sp³-hybridized carbons (Fsp3) is 0.412. The number of ether oxygens (including phenoxy) is 1. The van der Waals surface area contributed by atoms with Gasteiger partial charge in [-0.3, -0.25) is 0 Å². The van der Waals surface area contributed by atoms with E-state index in [1.807, 2.05) is 29.8 Å². The zero-order chi connectivity index (χ0) is 15.8. The Kier molecular flexibility index (Phi) is 3.90. The van der Waals surface area contributed by atoms with Crippen LogP contribution in [0.1, 0.15) is 48.1 Å². The highest BCUT2D eigenvalue weighted by atomic mass is 16.5. The first-order chi connectivity index (χ1) is 9.74. The monoisotopic (exact) mass is 286 g/mol. The van der Waals surface area contributed by atoms with Crippen LogP contribution in [0.3, 0.4) is 0 Å². The molecule has 1 heterocycles. The Balaban J connectivity index is 2.66. The molecule has 112 valence electrons. The molecule has 0 aliphatic carbocycles. The first-order valence-electron chi connectivity index (χ1n) is 7.00. The van der Waals surface area contributed by atoms with E-state index in [1.54, 1.807) is 0 Å². The largest absolute Gasteiger partial charge is 0.464 e. The van der Waals surface area contributed by atoms with Gasteiger partial charge in [0.05, 0.1) is 18.5 Å². The van der Waals surface area contributed by atoms with Gasteiger partial charge in [0.15, 0.2) is 5.69 Å². The van der Waals surface area contributed by atoms with Gasteiger partial charge >= 0.3 is 5.97 Å². The van der Waals surface area contributed by atoms with Gasteiger partial charge in [0.1, 0.15) is 0 Å². The molecular weight excluding hydrogens is 264 g/mol. The quantitative estimate of drug-likeness (QED) is 0.793. The predicted octanol–water partition coefficient (Wildman–Crippen LogP) is 3.57. The van der Waals surface area contributed by atoms with Crippen molar-refractivity contribution in [3.8, 4) is 5.69 Å². The van der Waals surface area contributed by atoms with Crippen LogP contribution in [0.4, 0.5) is 0 Å². The maximum absolute atomic E-state index is 11.8. The molecule has 0 radical (unpaired) electrons. The number of hydrogen-bond donors (Lipinski definition) is 0. The van der Waals surface area contributed by atoms with Gasteiger partial charge in [-0.15, -0.1) is 0 Å². The second-order valence-corrected chi connectivity index (χ2v) is 6.36. The summed E-state index contributed by atoms with van der Waals surface area (Å²) in [5.74, 6) is -0.413. The Hall–Kier alpha value is -2.10. The molecule has 0 unspecified atom stereocenters. The van der Waals surface area contributed by atoms with E-state index in [0.717, 1.165) is 16.9 Å². The lowest BCUT2D eigenvalue weighted by Crippen LogP contribution is -2.18. The lowest BCUT2D eigenvalue weighted by atomic mass is 9.91. The Bertz CT molecular complexity index is 679. The van der Waals surface area contributed by atoms with Crippen molar-refractivity contribution in [2.24, 2.45) is 0 Å². The molecule has 4 heteroatoms. The molecule has 0 saturated carbocycles. The summed E-state index contributed by atoms with van der Waals surface area (Å²) in [5.41, 5.74) is 4.50. The minimum atomic E-state index is -0.413. The van der Waals surface area contributed by atoms with E-state index in [4.69, 9.17) is 4.74 Å². The molecule has 0 bridgehead atoms. The third kappa shape index (κ3) is 2.99. The SMILES string of the molecule is COC(=O)c1cc(C(C)(C)C)n(-c2ccc(C)cc2C)n1. The minimum absolute atomic E-state index is 0.128. The van der Waals surface area contributed by atoms with Crippen LogP contribution in [-0.4, -0.2) is 22.9 Å². The smallest absolute Gasteiger partial charge is 0.358 e. The number of benzene rings is 1. The molecule has 0 aliphatic heterocycles. The van der Waals surface area contributed by atoms with Crippen LogP contribution in [0.15, 0.2) is 24.3 Å². The minimum Gasteiger partial charge on any atom is -0.464 e. The molecule has 0 spiro atoms. The van der Waals surface area contributed by atoms with Crippen molar-refractivity contribution in [3.05, 3.63) is 46.8 Å². The van der Waals surface area contributed by atoms with Crippen LogP contribution >= 0.6 is 0 Å². The van der Waals surface area contributed by atoms with Crippen LogP contribution in [0.25, 0.3) is 5.69 Å². The molecule has 0 fully saturated rings. The predicted molar refractivity (Wildman–Crippen MR) is 83.1 cm³/mol. The molecule has 0 saturated heterocycles. The van der Waals surface area contributed by atoms with Gasteiger partial charge < -0.3 is 4.74 Å². The lowest BCUT2D eigenvalue weighted by molar-refractivity contribution is 0.0593. The summed E-state index contributed by atoms with van der Waals surface area (Å²) < 4.78 is 6.64. The van der Waals surface area contributed by atoms with E-state index in [2.05, 4.69) is 38.9 Å². The van der Waals surface area contributed by atoms with Crippen LogP contribution < -0.4 is 0 Å². The Morgan fingerprint density at radius 3 is 2.38 bits per heavy atom. The summed E-state index contributed by atoms with van der Waals surface area (Å²) in [7, 11) is 1.37. The number of nitrogens with zero attached hydrogens (tertiary/aromatic N) is 2. The number of rotatable bonds is 2. The lowest BCUT2D eigenvalue weighted by Gasteiger charge is -2.21. The highest BCUT2D eigenvalue weighted by Crippen LogP contribution is 2.27. The Morgan fingerprint density at radius 1 is 1.19 bits per heavy atom. The van der Waals surface area contributed by atoms with Crippen LogP contribution in [0.2, 0.25) is 0 Å². The highest BCUT2D eigenvalue weighted by molar-refractivity contribution is 5.87. The molecule has 1 aromatic heterocycles. The maximum Gasteiger partial charge on any atom is 0.358 e. The fourth-order valence-electron chi connectivity index (χ4n) is 2.35. The normalized spacial score (nSPS) is 11.5. The van der Waals surface area contributed by atoms with Crippen molar-refractivity contribution < 1.29 is 9.53 Å². The number of hydrogen-bond acceptors (Lipinski definition) is 3. The third-order valence-corrected chi connectivity index (χ3v) is 3.45. The molecule has 21 heavy (non-hydrogen) atoms. The van der Waals surface area contributed by atoms with E-state index in [9.17, 15) is 4.79 Å². The van der Waals surface area contributed by atoms with Gasteiger partial charge in [-0.1, -0.05) is 38.5 Å². The molecule has 1 aromatic carbocycles. The topological polar surface area (TPSA) is 44.1 Å². The fourth-order valence-corrected chi connectivity index (χ4v) is 2.35. The summed E-state index contributed by atoms with van der Waals surface area (Å²) in [6.45, 7) is 10.4. The van der Waals surface area contributed by atoms with Gasteiger partial charge in [0.25, 0.3) is 0 Å². The van der Waals surface area contributed by atoms with E-state index >= 15 is 0 Å². The molecule has 2 aromatic rings. The van der Waals surface area contributed by atoms with Crippen molar-refractivity contribution in [3.63, 3.8) is 0 Å². The number of aryl methyl sites for hydroxylation is 2. The van der Waals surface area contributed by atoms with Gasteiger partial charge in [-0.2, -0.15) is 5.10 Å². The van der Waals surface area contributed by atoms with Crippen molar-refractivity contribution in [1.29, 1.82) is 0 Å². The van der Waals surface area contributed by atoms with E-state index < -0.39 is 5.97 Å². The Morgan fingerprint density at radius 2 is 1.86 bits per heavy atom. The van der Waals surface area contributed by atoms with Crippen LogP contribution in [0.5, 0.6) is 0 Å². The summed E-state index contributed by atoms with van der Waals surface area (Å²) in [6.07, 6.45) is 0. The molecular formula is C17H22N2O2. The highest BCUT2D eigenvalue weighted by Gasteiger charge is 2.25. The first kappa shape index (κ1) is 15.3. The second kappa shape index (κ2) is 5.35. The van der Waals surface area contributed by atoms with Crippen molar-refractivity contribution in [1.82, 2.24) is 9.78 Å². The molecule has 0 N–H and O–H groups in total. The maximum atomic E-state index is 11.8. The number of carbonyl (C=O) groups excluding carboxylic acids is 1. The first-order valence-corrected chi connectivity index (χ1v) is 7.00. The molecule has 0 atom stereocenters. The van der Waals surface area contributed by atoms with E-state index in [-0.39, 0.29) is 5.41 Å². The van der Waals surface area contributed by atoms with Gasteiger partial charge in [0.2, 0.25) is 0 Å². The van der Waals surface area contributed by atoms with Crippen molar-refractivity contribution in [2.45, 2.75) is 40.0 Å². The zero-order valence-corrected chi connectivity index (χ0v) is 13.5. The molecule has 4 nitrogen and oxygen atoms in total. The third-order valence-electron chi connectivity index (χ3n) is 3.45. The number of methoxy groups -OCH3 is 1. The number of esters is 1. The molecule has 0 aliphatic rings. The summed E-state index contributed by atoms with van der Waals surface area (Å²) >= 11 is 0. The average Bonchev–Trinajstić information content (AvgIpc) is 2.82. The van der Waals surface area contributed by atoms with Crippen molar-refractivity contribution in [2.75, 3.05) is 7.11 Å². The number of carbonyl (C=O) groups is 1. The summed E-state index contributed by atoms with van der Waals surface area (Å²) in [4.78, 5) is 11.8. The van der Waals surface area contributed by atoms with E-state index in [1.165, 1.54) is 12.7 Å². The average molecular weight is 286 g/mol. The summed E-state index contributed by atoms with van der Waals surface area (Å²) in [5, 5.41) is 4.45. The summed E-state index contributed by atoms with van der Waals surface area (Å²) in [6, 6.07) is 8.01. The van der Waals surface area contributed by atoms with Crippen molar-refractivity contribution >= 4 is 5.97 Å². The van der Waals surface area contributed by atoms with E-state index in [0.29, 0.717) is 5.69 Å². The standard InChI is InChI=1S/C17H22N2O2/c1-11-7-8-14(12(2)9-11)19-15(17(3,4)5)10-13(18-19)16(20)21-6/h7-10H,1-6H3.